The van der Waals surface area contributed by atoms with Gasteiger partial charge in [0.2, 0.25) is 5.75 Å². The van der Waals surface area contributed by atoms with Crippen molar-refractivity contribution < 1.29 is 13.7 Å². The minimum Gasteiger partial charge on any atom is -0.493 e. The zero-order valence-corrected chi connectivity index (χ0v) is 22.1. The molecule has 1 fully saturated rings. The quantitative estimate of drug-likeness (QED) is 0.272. The van der Waals surface area contributed by atoms with Crippen LogP contribution in [0.4, 0.5) is 5.82 Å². The van der Waals surface area contributed by atoms with E-state index in [1.54, 1.807) is 19.2 Å². The molecule has 0 bridgehead atoms. The Hall–Kier alpha value is -2.64. The van der Waals surface area contributed by atoms with Crippen LogP contribution in [0.3, 0.4) is 0 Å². The number of allylic oxidation sites excluding steroid dienone is 5. The summed E-state index contributed by atoms with van der Waals surface area (Å²) in [5.41, 5.74) is 2.09. The minimum atomic E-state index is -1.60. The van der Waals surface area contributed by atoms with E-state index in [0.29, 0.717) is 28.1 Å². The predicted molar refractivity (Wildman–Crippen MR) is 140 cm³/mol. The van der Waals surface area contributed by atoms with Crippen molar-refractivity contribution in [2.45, 2.75) is 53.4 Å². The molecule has 1 aliphatic rings. The first-order valence-corrected chi connectivity index (χ1v) is 12.9. The first kappa shape index (κ1) is 26.0. The van der Waals surface area contributed by atoms with Crippen molar-refractivity contribution in [3.63, 3.8) is 0 Å². The van der Waals surface area contributed by atoms with E-state index in [2.05, 4.69) is 34.6 Å². The van der Waals surface area contributed by atoms with Gasteiger partial charge in [-0.3, -0.25) is 4.72 Å². The van der Waals surface area contributed by atoms with E-state index in [0.717, 1.165) is 24.0 Å². The van der Waals surface area contributed by atoms with Crippen molar-refractivity contribution in [1.82, 2.24) is 9.97 Å². The molecule has 34 heavy (non-hydrogen) atoms. The number of benzene rings is 1. The highest BCUT2D eigenvalue weighted by Gasteiger charge is 2.30. The molecule has 0 radical (unpaired) electrons. The van der Waals surface area contributed by atoms with Gasteiger partial charge in [-0.05, 0) is 63.3 Å². The first-order chi connectivity index (χ1) is 16.2. The molecule has 0 amide bonds. The second-order valence-corrected chi connectivity index (χ2v) is 10.1. The molecule has 1 aromatic carbocycles. The number of aromatic nitrogens is 2. The summed E-state index contributed by atoms with van der Waals surface area (Å²) in [4.78, 5) is 9.74. The molecule has 3 rings (SSSR count). The standard InChI is InChI=1S/C26H32ClN3O3S/c1-7-18(16(2)3)14-15-22(17(4)5)34(31)30-26-23(24(27)28-25(29-26)19-12-13-19)33-21-11-9-8-10-20(21)32-6/h7-11,14-16,19H,12-13H2,1-6H3,(H,28,29,30)/b15-14-,18-7+. The van der Waals surface area contributed by atoms with Gasteiger partial charge < -0.3 is 9.47 Å². The molecule has 1 aromatic heterocycles. The number of hydrogen-bond acceptors (Lipinski definition) is 5. The lowest BCUT2D eigenvalue weighted by Crippen LogP contribution is -2.12. The van der Waals surface area contributed by atoms with Crippen LogP contribution in [0.15, 0.2) is 58.5 Å². The molecule has 0 saturated heterocycles. The van der Waals surface area contributed by atoms with E-state index in [-0.39, 0.29) is 22.6 Å². The van der Waals surface area contributed by atoms with Crippen LogP contribution >= 0.6 is 11.6 Å². The summed E-state index contributed by atoms with van der Waals surface area (Å²) in [7, 11) is -0.0361. The van der Waals surface area contributed by atoms with E-state index in [9.17, 15) is 4.21 Å². The van der Waals surface area contributed by atoms with E-state index in [1.165, 1.54) is 0 Å². The Morgan fingerprint density at radius 3 is 2.41 bits per heavy atom. The van der Waals surface area contributed by atoms with Crippen LogP contribution < -0.4 is 14.2 Å². The highest BCUT2D eigenvalue weighted by Crippen LogP contribution is 2.43. The zero-order valence-electron chi connectivity index (χ0n) is 20.5. The van der Waals surface area contributed by atoms with Gasteiger partial charge in [0.25, 0.3) is 0 Å². The van der Waals surface area contributed by atoms with Crippen molar-refractivity contribution in [3.05, 3.63) is 69.5 Å². The molecule has 6 nitrogen and oxygen atoms in total. The number of rotatable bonds is 10. The summed E-state index contributed by atoms with van der Waals surface area (Å²) >= 11 is 6.54. The molecule has 0 aliphatic heterocycles. The number of anilines is 1. The molecular formula is C26H32ClN3O3S. The molecule has 1 heterocycles. The Morgan fingerprint density at radius 1 is 1.18 bits per heavy atom. The minimum absolute atomic E-state index is 0.160. The highest BCUT2D eigenvalue weighted by molar-refractivity contribution is 7.90. The monoisotopic (exact) mass is 501 g/mol. The fourth-order valence-electron chi connectivity index (χ4n) is 3.29. The van der Waals surface area contributed by atoms with Gasteiger partial charge in [-0.15, -0.1) is 0 Å². The number of nitrogens with zero attached hydrogens (tertiary/aromatic N) is 2. The lowest BCUT2D eigenvalue weighted by Gasteiger charge is -2.16. The fraction of sp³-hybridized carbons (Fsp3) is 0.385. The Labute approximate surface area is 209 Å². The van der Waals surface area contributed by atoms with Crippen LogP contribution in [-0.2, 0) is 11.0 Å². The maximum Gasteiger partial charge on any atom is 0.208 e. The van der Waals surface area contributed by atoms with Gasteiger partial charge in [0.1, 0.15) is 5.82 Å². The van der Waals surface area contributed by atoms with Crippen LogP contribution in [0.2, 0.25) is 5.15 Å². The fourth-order valence-corrected chi connectivity index (χ4v) is 4.49. The second kappa shape index (κ2) is 11.7. The van der Waals surface area contributed by atoms with E-state index < -0.39 is 11.0 Å². The van der Waals surface area contributed by atoms with Crippen LogP contribution in [0.5, 0.6) is 17.2 Å². The molecule has 1 unspecified atom stereocenters. The molecule has 1 atom stereocenters. The molecule has 1 N–H and O–H groups in total. The van der Waals surface area contributed by atoms with Gasteiger partial charge in [0, 0.05) is 5.92 Å². The van der Waals surface area contributed by atoms with Gasteiger partial charge >= 0.3 is 0 Å². The van der Waals surface area contributed by atoms with E-state index >= 15 is 0 Å². The van der Waals surface area contributed by atoms with Gasteiger partial charge in [-0.1, -0.05) is 55.3 Å². The SMILES string of the molecule is C/C=C(\C=C/C(=C(C)C)S(=O)Nc1nc(C2CC2)nc(Cl)c1Oc1ccccc1OC)C(C)C. The molecule has 1 saturated carbocycles. The average molecular weight is 502 g/mol. The summed E-state index contributed by atoms with van der Waals surface area (Å²) in [6.45, 7) is 10.1. The molecule has 2 aromatic rings. The second-order valence-electron chi connectivity index (χ2n) is 8.59. The van der Waals surface area contributed by atoms with Gasteiger partial charge in [-0.2, -0.15) is 0 Å². The van der Waals surface area contributed by atoms with Crippen molar-refractivity contribution in [3.8, 4) is 17.2 Å². The smallest absolute Gasteiger partial charge is 0.208 e. The topological polar surface area (TPSA) is 73.3 Å². The normalized spacial score (nSPS) is 14.9. The summed E-state index contributed by atoms with van der Waals surface area (Å²) < 4.78 is 28.0. The zero-order chi connectivity index (χ0) is 24.8. The largest absolute Gasteiger partial charge is 0.493 e. The van der Waals surface area contributed by atoms with Crippen LogP contribution in [0.1, 0.15) is 59.2 Å². The lowest BCUT2D eigenvalue weighted by molar-refractivity contribution is 0.378. The number of nitrogens with one attached hydrogen (secondary N) is 1. The van der Waals surface area contributed by atoms with Crippen LogP contribution in [0, 0.1) is 5.92 Å². The number of ether oxygens (including phenoxy) is 2. The average Bonchev–Trinajstić information content (AvgIpc) is 3.64. The molecule has 8 heteroatoms. The van der Waals surface area contributed by atoms with E-state index in [1.807, 2.05) is 45.1 Å². The number of methoxy groups -OCH3 is 1. The van der Waals surface area contributed by atoms with Crippen molar-refractivity contribution in [2.24, 2.45) is 5.92 Å². The summed E-state index contributed by atoms with van der Waals surface area (Å²) in [5, 5.41) is 0.160. The molecular weight excluding hydrogens is 470 g/mol. The van der Waals surface area contributed by atoms with Crippen molar-refractivity contribution in [1.29, 1.82) is 0 Å². The molecule has 1 aliphatic carbocycles. The Morgan fingerprint density at radius 2 is 1.85 bits per heavy atom. The Bertz CT molecular complexity index is 1150. The van der Waals surface area contributed by atoms with Crippen LogP contribution in [0.25, 0.3) is 0 Å². The maximum atomic E-state index is 13.4. The maximum absolute atomic E-state index is 13.4. The highest BCUT2D eigenvalue weighted by atomic mass is 35.5. The number of hydrogen-bond donors (Lipinski definition) is 1. The molecule has 182 valence electrons. The third-order valence-corrected chi connectivity index (χ3v) is 6.95. The molecule has 0 spiro atoms. The predicted octanol–water partition coefficient (Wildman–Crippen LogP) is 7.34. The third-order valence-electron chi connectivity index (χ3n) is 5.37. The van der Waals surface area contributed by atoms with Gasteiger partial charge in [0.05, 0.1) is 12.0 Å². The summed E-state index contributed by atoms with van der Waals surface area (Å²) in [5.74, 6) is 2.74. The lowest BCUT2D eigenvalue weighted by atomic mass is 10.0. The van der Waals surface area contributed by atoms with E-state index in [4.69, 9.17) is 21.1 Å². The Balaban J connectivity index is 1.97. The van der Waals surface area contributed by atoms with Gasteiger partial charge in [0.15, 0.2) is 33.5 Å². The Kier molecular flexibility index (Phi) is 8.91. The van der Waals surface area contributed by atoms with Crippen LogP contribution in [-0.4, -0.2) is 21.3 Å². The summed E-state index contributed by atoms with van der Waals surface area (Å²) in [6, 6.07) is 7.22. The van der Waals surface area contributed by atoms with Crippen molar-refractivity contribution >= 4 is 28.4 Å². The first-order valence-electron chi connectivity index (χ1n) is 11.3. The number of para-hydroxylation sites is 2. The number of halogens is 1. The summed E-state index contributed by atoms with van der Waals surface area (Å²) in [6.07, 6.45) is 7.97. The van der Waals surface area contributed by atoms with Crippen molar-refractivity contribution in [2.75, 3.05) is 11.8 Å². The third kappa shape index (κ3) is 6.48. The van der Waals surface area contributed by atoms with Gasteiger partial charge in [-0.25, -0.2) is 14.2 Å².